The fourth-order valence-electron chi connectivity index (χ4n) is 3.68. The minimum Gasteiger partial charge on any atom is -0.497 e. The summed E-state index contributed by atoms with van der Waals surface area (Å²) in [6.07, 6.45) is 0.271. The molecule has 1 N–H and O–H groups in total. The quantitative estimate of drug-likeness (QED) is 0.484. The zero-order chi connectivity index (χ0) is 25.2. The van der Waals surface area contributed by atoms with Crippen molar-refractivity contribution in [2.75, 3.05) is 17.6 Å². The number of anilines is 1. The van der Waals surface area contributed by atoms with Crippen LogP contribution in [0.1, 0.15) is 30.5 Å². The van der Waals surface area contributed by atoms with Crippen LogP contribution in [0.25, 0.3) is 0 Å². The summed E-state index contributed by atoms with van der Waals surface area (Å²) in [6.45, 7) is 1.54. The second kappa shape index (κ2) is 9.67. The highest BCUT2D eigenvalue weighted by Crippen LogP contribution is 2.38. The number of rotatable bonds is 8. The number of hydrazone groups is 1. The molecule has 184 valence electrons. The average Bonchev–Trinajstić information content (AvgIpc) is 3.31. The molecule has 3 aromatic rings. The molecule has 4 rings (SSSR count). The van der Waals surface area contributed by atoms with Gasteiger partial charge in [-0.1, -0.05) is 24.3 Å². The van der Waals surface area contributed by atoms with Gasteiger partial charge in [-0.2, -0.15) is 17.9 Å². The molecule has 0 saturated carbocycles. The summed E-state index contributed by atoms with van der Waals surface area (Å²) in [4.78, 5) is -0.0823. The molecule has 35 heavy (non-hydrogen) atoms. The first kappa shape index (κ1) is 24.7. The van der Waals surface area contributed by atoms with Crippen LogP contribution in [-0.4, -0.2) is 39.8 Å². The maximum absolute atomic E-state index is 13.5. The van der Waals surface area contributed by atoms with Crippen molar-refractivity contribution in [1.29, 1.82) is 0 Å². The Hall–Kier alpha value is -3.44. The van der Waals surface area contributed by atoms with E-state index in [2.05, 4.69) is 9.82 Å². The second-order valence-corrected chi connectivity index (χ2v) is 11.7. The maximum Gasteiger partial charge on any atom is 0.279 e. The summed E-state index contributed by atoms with van der Waals surface area (Å²) in [7, 11) is -6.00. The number of hydrogen-bond acceptors (Lipinski definition) is 6. The molecule has 0 bridgehead atoms. The molecule has 0 spiro atoms. The lowest BCUT2D eigenvalue weighted by atomic mass is 9.99. The maximum atomic E-state index is 13.5. The van der Waals surface area contributed by atoms with Gasteiger partial charge < -0.3 is 4.74 Å². The number of nitrogens with one attached hydrogen (secondary N) is 1. The predicted octanol–water partition coefficient (Wildman–Crippen LogP) is 4.14. The monoisotopic (exact) mass is 517 g/mol. The van der Waals surface area contributed by atoms with E-state index in [0.717, 1.165) is 16.5 Å². The Bertz CT molecular complexity index is 1460. The molecule has 1 atom stereocenters. The zero-order valence-corrected chi connectivity index (χ0v) is 20.7. The van der Waals surface area contributed by atoms with Gasteiger partial charge in [0.25, 0.3) is 10.0 Å². The highest BCUT2D eigenvalue weighted by Gasteiger charge is 2.38. The molecule has 8 nitrogen and oxygen atoms in total. The first-order valence-corrected chi connectivity index (χ1v) is 13.8. The van der Waals surface area contributed by atoms with Gasteiger partial charge in [-0.15, -0.1) is 0 Å². The Kier molecular flexibility index (Phi) is 6.82. The summed E-state index contributed by atoms with van der Waals surface area (Å²) in [6, 6.07) is 17.6. The molecule has 3 aromatic carbocycles. The summed E-state index contributed by atoms with van der Waals surface area (Å²) in [5, 5.41) is 4.45. The van der Waals surface area contributed by atoms with E-state index in [4.69, 9.17) is 4.74 Å². The molecule has 1 unspecified atom stereocenters. The number of nitrogens with zero attached hydrogens (tertiary/aromatic N) is 2. The molecule has 11 heteroatoms. The molecule has 1 aliphatic heterocycles. The summed E-state index contributed by atoms with van der Waals surface area (Å²) >= 11 is 0. The van der Waals surface area contributed by atoms with E-state index in [-0.39, 0.29) is 17.1 Å². The highest BCUT2D eigenvalue weighted by atomic mass is 32.2. The number of halogens is 1. The molecule has 0 radical (unpaired) electrons. The Labute approximate surface area is 204 Å². The van der Waals surface area contributed by atoms with Crippen molar-refractivity contribution in [3.05, 3.63) is 89.7 Å². The van der Waals surface area contributed by atoms with Gasteiger partial charge in [0.1, 0.15) is 11.6 Å². The minimum absolute atomic E-state index is 0.0557. The van der Waals surface area contributed by atoms with Crippen molar-refractivity contribution in [3.63, 3.8) is 0 Å². The molecule has 0 saturated heterocycles. The van der Waals surface area contributed by atoms with E-state index in [1.165, 1.54) is 19.2 Å². The molecular weight excluding hydrogens is 493 g/mol. The molecule has 1 heterocycles. The van der Waals surface area contributed by atoms with Gasteiger partial charge in [0, 0.05) is 12.1 Å². The highest BCUT2D eigenvalue weighted by molar-refractivity contribution is 7.92. The van der Waals surface area contributed by atoms with Crippen molar-refractivity contribution >= 4 is 31.4 Å². The van der Waals surface area contributed by atoms with Gasteiger partial charge in [0.15, 0.2) is 0 Å². The summed E-state index contributed by atoms with van der Waals surface area (Å²) in [5.74, 6) is -0.0276. The molecule has 0 amide bonds. The van der Waals surface area contributed by atoms with Crippen molar-refractivity contribution in [2.24, 2.45) is 5.10 Å². The van der Waals surface area contributed by atoms with Crippen LogP contribution in [0.3, 0.4) is 0 Å². The number of benzene rings is 3. The van der Waals surface area contributed by atoms with Crippen LogP contribution in [0.4, 0.5) is 10.1 Å². The van der Waals surface area contributed by atoms with Crippen molar-refractivity contribution < 1.29 is 26.0 Å². The molecule has 0 aliphatic carbocycles. The van der Waals surface area contributed by atoms with Gasteiger partial charge in [-0.05, 0) is 66.6 Å². The van der Waals surface area contributed by atoms with Gasteiger partial charge in [0.05, 0.1) is 29.5 Å². The van der Waals surface area contributed by atoms with Crippen LogP contribution >= 0.6 is 0 Å². The van der Waals surface area contributed by atoms with E-state index in [0.29, 0.717) is 28.3 Å². The van der Waals surface area contributed by atoms with E-state index in [9.17, 15) is 21.2 Å². The molecular formula is C24H24FN3O5S2. The molecule has 0 aromatic heterocycles. The normalized spacial score (nSPS) is 16.1. The number of methoxy groups -OCH3 is 1. The largest absolute Gasteiger partial charge is 0.497 e. The molecule has 0 fully saturated rings. The number of ether oxygens (including phenoxy) is 1. The van der Waals surface area contributed by atoms with Gasteiger partial charge in [-0.25, -0.2) is 12.8 Å². The minimum atomic E-state index is -4.10. The van der Waals surface area contributed by atoms with Crippen molar-refractivity contribution in [2.45, 2.75) is 24.3 Å². The standard InChI is InChI=1S/C24H24FN3O5S2/c1-3-34(29,30)27-20-11-7-17(8-12-20)23-16-24(18-5-4-6-21(15-18)33-2)28(26-23)35(31,32)22-13-9-19(25)10-14-22/h4-15,24,27H,3,16H2,1-2H3. The Morgan fingerprint density at radius 2 is 1.71 bits per heavy atom. The Morgan fingerprint density at radius 1 is 1.03 bits per heavy atom. The second-order valence-electron chi connectivity index (χ2n) is 7.86. The lowest BCUT2D eigenvalue weighted by Crippen LogP contribution is -2.27. The smallest absolute Gasteiger partial charge is 0.279 e. The molecule has 1 aliphatic rings. The van der Waals surface area contributed by atoms with Crippen molar-refractivity contribution in [1.82, 2.24) is 4.41 Å². The Morgan fingerprint density at radius 3 is 2.34 bits per heavy atom. The first-order valence-electron chi connectivity index (χ1n) is 10.8. The first-order chi connectivity index (χ1) is 16.6. The van der Waals surface area contributed by atoms with Crippen LogP contribution < -0.4 is 9.46 Å². The lowest BCUT2D eigenvalue weighted by Gasteiger charge is -2.23. The fraction of sp³-hybridized carbons (Fsp3) is 0.208. The zero-order valence-electron chi connectivity index (χ0n) is 19.0. The van der Waals surface area contributed by atoms with Crippen LogP contribution in [0.15, 0.2) is 82.8 Å². The van der Waals surface area contributed by atoms with Crippen molar-refractivity contribution in [3.8, 4) is 5.75 Å². The van der Waals surface area contributed by atoms with E-state index in [1.807, 2.05) is 0 Å². The van der Waals surface area contributed by atoms with Gasteiger partial charge >= 0.3 is 0 Å². The fourth-order valence-corrected chi connectivity index (χ4v) is 5.75. The predicted molar refractivity (Wildman–Crippen MR) is 132 cm³/mol. The number of sulfonamides is 2. The average molecular weight is 518 g/mol. The van der Waals surface area contributed by atoms with Gasteiger partial charge in [-0.3, -0.25) is 4.72 Å². The third kappa shape index (κ3) is 5.30. The van der Waals surface area contributed by atoms with Crippen LogP contribution in [-0.2, 0) is 20.0 Å². The lowest BCUT2D eigenvalue weighted by molar-refractivity contribution is 0.368. The van der Waals surface area contributed by atoms with Crippen LogP contribution in [0.5, 0.6) is 5.75 Å². The van der Waals surface area contributed by atoms with E-state index in [1.54, 1.807) is 55.5 Å². The van der Waals surface area contributed by atoms with Crippen LogP contribution in [0.2, 0.25) is 0 Å². The third-order valence-electron chi connectivity index (χ3n) is 5.58. The third-order valence-corrected chi connectivity index (χ3v) is 8.58. The van der Waals surface area contributed by atoms with E-state index < -0.39 is 31.9 Å². The number of hydrogen-bond donors (Lipinski definition) is 1. The van der Waals surface area contributed by atoms with E-state index >= 15 is 0 Å². The summed E-state index contributed by atoms with van der Waals surface area (Å²) < 4.78 is 72.9. The summed E-state index contributed by atoms with van der Waals surface area (Å²) in [5.41, 5.74) is 2.23. The van der Waals surface area contributed by atoms with Gasteiger partial charge in [0.2, 0.25) is 10.0 Å². The SMILES string of the molecule is CCS(=O)(=O)Nc1ccc(C2=NN(S(=O)(=O)c3ccc(F)cc3)C(c3cccc(OC)c3)C2)cc1. The van der Waals surface area contributed by atoms with Crippen LogP contribution in [0, 0.1) is 5.82 Å². The topological polar surface area (TPSA) is 105 Å². The Balaban J connectivity index is 1.73.